The molecule has 3 aromatic rings. The van der Waals surface area contributed by atoms with Crippen LogP contribution in [0.25, 0.3) is 0 Å². The number of hydrogen-bond acceptors (Lipinski definition) is 7. The van der Waals surface area contributed by atoms with Gasteiger partial charge in [-0.2, -0.15) is 5.10 Å². The van der Waals surface area contributed by atoms with Gasteiger partial charge in [0.1, 0.15) is 0 Å². The second-order valence-electron chi connectivity index (χ2n) is 6.69. The van der Waals surface area contributed by atoms with Gasteiger partial charge in [-0.05, 0) is 60.2 Å². The number of benzene rings is 3. The molecule has 0 saturated carbocycles. The van der Waals surface area contributed by atoms with Crippen LogP contribution >= 0.6 is 23.2 Å². The Morgan fingerprint density at radius 3 is 2.61 bits per heavy atom. The van der Waals surface area contributed by atoms with E-state index in [9.17, 15) is 9.59 Å². The number of ether oxygens (including phenoxy) is 4. The van der Waals surface area contributed by atoms with E-state index in [1.165, 1.54) is 25.5 Å². The topological polar surface area (TPSA) is 95.5 Å². The Balaban J connectivity index is 1.42. The molecule has 0 radical (unpaired) electrons. The number of nitrogens with zero attached hydrogens (tertiary/aromatic N) is 1. The first-order chi connectivity index (χ1) is 15.9. The molecule has 4 rings (SSSR count). The van der Waals surface area contributed by atoms with E-state index in [-0.39, 0.29) is 23.1 Å². The number of nitrogens with one attached hydrogen (secondary N) is 1. The van der Waals surface area contributed by atoms with Crippen molar-refractivity contribution in [3.8, 4) is 23.0 Å². The molecule has 1 amide bonds. The molecule has 33 heavy (non-hydrogen) atoms. The molecule has 0 bridgehead atoms. The van der Waals surface area contributed by atoms with Gasteiger partial charge in [0.15, 0.2) is 23.0 Å². The summed E-state index contributed by atoms with van der Waals surface area (Å²) >= 11 is 11.9. The second-order valence-corrected chi connectivity index (χ2v) is 7.53. The van der Waals surface area contributed by atoms with Gasteiger partial charge in [0.05, 0.1) is 23.9 Å². The number of methoxy groups -OCH3 is 1. The maximum atomic E-state index is 12.5. The highest BCUT2D eigenvalue weighted by Crippen LogP contribution is 2.32. The number of carbonyl (C=O) groups excluding carboxylic acids is 2. The van der Waals surface area contributed by atoms with Crippen LogP contribution in [0.1, 0.15) is 26.3 Å². The van der Waals surface area contributed by atoms with E-state index in [2.05, 4.69) is 10.5 Å². The van der Waals surface area contributed by atoms with E-state index in [0.29, 0.717) is 33.4 Å². The Morgan fingerprint density at radius 2 is 1.82 bits per heavy atom. The zero-order valence-corrected chi connectivity index (χ0v) is 18.6. The summed E-state index contributed by atoms with van der Waals surface area (Å²) in [6.07, 6.45) is 1.43. The molecule has 0 atom stereocenters. The number of hydrogen-bond donors (Lipinski definition) is 1. The first-order valence-corrected chi connectivity index (χ1v) is 10.3. The van der Waals surface area contributed by atoms with Crippen molar-refractivity contribution < 1.29 is 28.5 Å². The van der Waals surface area contributed by atoms with Gasteiger partial charge < -0.3 is 18.9 Å². The van der Waals surface area contributed by atoms with Gasteiger partial charge in [-0.15, -0.1) is 0 Å². The molecule has 0 saturated heterocycles. The molecule has 0 fully saturated rings. The summed E-state index contributed by atoms with van der Waals surface area (Å²) in [5.74, 6) is 0.492. The van der Waals surface area contributed by atoms with Crippen molar-refractivity contribution >= 4 is 41.3 Å². The van der Waals surface area contributed by atoms with Crippen LogP contribution in [0, 0.1) is 0 Å². The molecule has 0 unspecified atom stereocenters. The Labute approximate surface area is 198 Å². The van der Waals surface area contributed by atoms with Crippen molar-refractivity contribution in [3.05, 3.63) is 81.3 Å². The van der Waals surface area contributed by atoms with Crippen LogP contribution in [-0.4, -0.2) is 32.0 Å². The van der Waals surface area contributed by atoms with Crippen LogP contribution in [0.15, 0.2) is 59.7 Å². The lowest BCUT2D eigenvalue weighted by molar-refractivity contribution is 0.0729. The first kappa shape index (κ1) is 22.4. The van der Waals surface area contributed by atoms with E-state index >= 15 is 0 Å². The van der Waals surface area contributed by atoms with Crippen molar-refractivity contribution in [3.63, 3.8) is 0 Å². The maximum absolute atomic E-state index is 12.5. The highest BCUT2D eigenvalue weighted by atomic mass is 35.5. The normalized spacial score (nSPS) is 12.0. The minimum atomic E-state index is -0.660. The van der Waals surface area contributed by atoms with E-state index in [1.54, 1.807) is 42.5 Å². The molecule has 1 aliphatic heterocycles. The highest BCUT2D eigenvalue weighted by Gasteiger charge is 2.17. The predicted molar refractivity (Wildman–Crippen MR) is 122 cm³/mol. The lowest BCUT2D eigenvalue weighted by Gasteiger charge is -2.10. The molecule has 3 aromatic carbocycles. The van der Waals surface area contributed by atoms with Gasteiger partial charge in [-0.3, -0.25) is 4.79 Å². The summed E-state index contributed by atoms with van der Waals surface area (Å²) in [7, 11) is 1.43. The standard InChI is InChI=1S/C23H16Cl2N2O6/c1-30-20-8-13(2-6-19(20)33-23(29)16-5-4-15(24)10-17(16)25)11-26-27-22(28)14-3-7-18-21(9-14)32-12-31-18/h2-11H,12H2,1H3,(H,27,28). The number of halogens is 2. The molecule has 1 heterocycles. The number of rotatable bonds is 6. The monoisotopic (exact) mass is 486 g/mol. The minimum Gasteiger partial charge on any atom is -0.493 e. The fourth-order valence-electron chi connectivity index (χ4n) is 2.93. The quantitative estimate of drug-likeness (QED) is 0.234. The summed E-state index contributed by atoms with van der Waals surface area (Å²) in [4.78, 5) is 24.7. The Morgan fingerprint density at radius 1 is 1.00 bits per heavy atom. The fraction of sp³-hybridized carbons (Fsp3) is 0.0870. The van der Waals surface area contributed by atoms with Gasteiger partial charge in [-0.25, -0.2) is 10.2 Å². The van der Waals surface area contributed by atoms with Crippen LogP contribution in [0.2, 0.25) is 10.0 Å². The van der Waals surface area contributed by atoms with Gasteiger partial charge in [0.2, 0.25) is 6.79 Å². The lowest BCUT2D eigenvalue weighted by Crippen LogP contribution is -2.17. The van der Waals surface area contributed by atoms with E-state index in [1.807, 2.05) is 0 Å². The molecule has 0 aliphatic carbocycles. The molecule has 1 aliphatic rings. The number of amides is 1. The summed E-state index contributed by atoms with van der Waals surface area (Å²) in [5, 5.41) is 4.54. The Kier molecular flexibility index (Phi) is 6.67. The summed E-state index contributed by atoms with van der Waals surface area (Å²) in [6, 6.07) is 14.1. The van der Waals surface area contributed by atoms with Crippen LogP contribution in [0.3, 0.4) is 0 Å². The van der Waals surface area contributed by atoms with E-state index in [4.69, 9.17) is 42.1 Å². The average molecular weight is 487 g/mol. The lowest BCUT2D eigenvalue weighted by atomic mass is 10.2. The average Bonchev–Trinajstić information content (AvgIpc) is 3.27. The highest BCUT2D eigenvalue weighted by molar-refractivity contribution is 6.36. The molecule has 0 spiro atoms. The van der Waals surface area contributed by atoms with Crippen molar-refractivity contribution in [2.45, 2.75) is 0 Å². The summed E-state index contributed by atoms with van der Waals surface area (Å²) in [6.45, 7) is 0.123. The molecule has 10 heteroatoms. The van der Waals surface area contributed by atoms with Crippen molar-refractivity contribution in [2.75, 3.05) is 13.9 Å². The SMILES string of the molecule is COc1cc(C=NNC(=O)c2ccc3c(c2)OCO3)ccc1OC(=O)c1ccc(Cl)cc1Cl. The van der Waals surface area contributed by atoms with Gasteiger partial charge >= 0.3 is 5.97 Å². The van der Waals surface area contributed by atoms with E-state index < -0.39 is 11.9 Å². The zero-order valence-electron chi connectivity index (χ0n) is 17.1. The van der Waals surface area contributed by atoms with Crippen molar-refractivity contribution in [2.24, 2.45) is 5.10 Å². The van der Waals surface area contributed by atoms with E-state index in [0.717, 1.165) is 0 Å². The van der Waals surface area contributed by atoms with Gasteiger partial charge in [-0.1, -0.05) is 23.2 Å². The van der Waals surface area contributed by atoms with Crippen LogP contribution < -0.4 is 24.4 Å². The second kappa shape index (κ2) is 9.81. The molecule has 168 valence electrons. The predicted octanol–water partition coefficient (Wildman–Crippen LogP) is 4.71. The van der Waals surface area contributed by atoms with Crippen molar-refractivity contribution in [1.29, 1.82) is 0 Å². The van der Waals surface area contributed by atoms with Crippen molar-refractivity contribution in [1.82, 2.24) is 5.43 Å². The number of carbonyl (C=O) groups is 2. The van der Waals surface area contributed by atoms with Gasteiger partial charge in [0, 0.05) is 10.6 Å². The smallest absolute Gasteiger partial charge is 0.345 e. The third-order valence-electron chi connectivity index (χ3n) is 4.56. The third kappa shape index (κ3) is 5.19. The van der Waals surface area contributed by atoms with Gasteiger partial charge in [0.25, 0.3) is 5.91 Å². The molecule has 0 aromatic heterocycles. The van der Waals surface area contributed by atoms with Crippen LogP contribution in [-0.2, 0) is 0 Å². The zero-order chi connectivity index (χ0) is 23.4. The molecule has 1 N–H and O–H groups in total. The third-order valence-corrected chi connectivity index (χ3v) is 5.10. The first-order valence-electron chi connectivity index (χ1n) is 9.53. The van der Waals surface area contributed by atoms with Crippen LogP contribution in [0.5, 0.6) is 23.0 Å². The summed E-state index contributed by atoms with van der Waals surface area (Å²) in [5.41, 5.74) is 3.58. The Hall–Kier alpha value is -3.75. The minimum absolute atomic E-state index is 0.123. The maximum Gasteiger partial charge on any atom is 0.345 e. The largest absolute Gasteiger partial charge is 0.493 e. The molecular formula is C23H16Cl2N2O6. The number of esters is 1. The number of fused-ring (bicyclic) bond motifs is 1. The number of hydrazone groups is 1. The van der Waals surface area contributed by atoms with Crippen LogP contribution in [0.4, 0.5) is 0 Å². The fourth-order valence-corrected chi connectivity index (χ4v) is 3.41. The molecular weight excluding hydrogens is 471 g/mol. The Bertz CT molecular complexity index is 1260. The molecule has 8 nitrogen and oxygen atoms in total. The summed E-state index contributed by atoms with van der Waals surface area (Å²) < 4.78 is 21.2.